The minimum Gasteiger partial charge on any atom is -0.479 e. The molecular formula is C21H36O4. The van der Waals surface area contributed by atoms with Crippen LogP contribution in [0.4, 0.5) is 0 Å². The van der Waals surface area contributed by atoms with Crippen molar-refractivity contribution in [2.45, 2.75) is 103 Å². The maximum Gasteiger partial charge on any atom is 0.332 e. The third kappa shape index (κ3) is 7.31. The van der Waals surface area contributed by atoms with Gasteiger partial charge in [-0.25, -0.2) is 4.79 Å². The van der Waals surface area contributed by atoms with Crippen LogP contribution in [0.1, 0.15) is 97.3 Å². The molecule has 4 nitrogen and oxygen atoms in total. The standard InChI is InChI=1S/C21H36O4/c1-3-4-5-6-7-9-12-17-14-15-19(23)21(17,2)16-11-8-10-13-18(22)20(24)25/h14,18,22H,3-13,15-16H2,1-2H3,(H,24,25)/t18?,21-/m1/s1. The number of carboxylic acids is 1. The molecule has 0 bridgehead atoms. The van der Waals surface area contributed by atoms with Gasteiger partial charge >= 0.3 is 5.97 Å². The van der Waals surface area contributed by atoms with Crippen LogP contribution in [-0.4, -0.2) is 28.1 Å². The molecule has 0 aromatic heterocycles. The van der Waals surface area contributed by atoms with E-state index in [-0.39, 0.29) is 5.41 Å². The monoisotopic (exact) mass is 352 g/mol. The maximum atomic E-state index is 12.4. The Kier molecular flexibility index (Phi) is 10.0. The Morgan fingerprint density at radius 2 is 1.76 bits per heavy atom. The Balaban J connectivity index is 2.30. The fourth-order valence-electron chi connectivity index (χ4n) is 3.74. The van der Waals surface area contributed by atoms with Crippen LogP contribution in [0.15, 0.2) is 11.6 Å². The van der Waals surface area contributed by atoms with E-state index in [1.165, 1.54) is 44.1 Å². The van der Waals surface area contributed by atoms with Gasteiger partial charge in [-0.1, -0.05) is 69.9 Å². The zero-order valence-electron chi connectivity index (χ0n) is 16.1. The molecule has 0 amide bonds. The summed E-state index contributed by atoms with van der Waals surface area (Å²) >= 11 is 0. The molecule has 0 aliphatic heterocycles. The van der Waals surface area contributed by atoms with E-state index in [1.54, 1.807) is 0 Å². The zero-order valence-corrected chi connectivity index (χ0v) is 16.1. The lowest BCUT2D eigenvalue weighted by Gasteiger charge is -2.27. The molecule has 1 aliphatic carbocycles. The smallest absolute Gasteiger partial charge is 0.332 e. The number of hydrogen-bond donors (Lipinski definition) is 2. The summed E-state index contributed by atoms with van der Waals surface area (Å²) in [5.41, 5.74) is 1.01. The molecule has 1 aliphatic rings. The van der Waals surface area contributed by atoms with E-state index in [0.29, 0.717) is 25.0 Å². The number of rotatable bonds is 14. The number of unbranched alkanes of at least 4 members (excludes halogenated alkanes) is 7. The molecule has 0 spiro atoms. The second-order valence-corrected chi connectivity index (χ2v) is 7.66. The first-order valence-corrected chi connectivity index (χ1v) is 10.1. The number of Topliss-reactive ketones (excluding diaryl/α,β-unsaturated/α-hetero) is 1. The first-order valence-electron chi connectivity index (χ1n) is 10.1. The van der Waals surface area contributed by atoms with Crippen LogP contribution in [0.3, 0.4) is 0 Å². The summed E-state index contributed by atoms with van der Waals surface area (Å²) in [6.07, 6.45) is 13.7. The molecule has 2 N–H and O–H groups in total. The summed E-state index contributed by atoms with van der Waals surface area (Å²) in [5, 5.41) is 18.0. The molecule has 0 fully saturated rings. The van der Waals surface area contributed by atoms with E-state index >= 15 is 0 Å². The van der Waals surface area contributed by atoms with Crippen molar-refractivity contribution in [2.24, 2.45) is 5.41 Å². The van der Waals surface area contributed by atoms with Gasteiger partial charge in [-0.2, -0.15) is 0 Å². The molecular weight excluding hydrogens is 316 g/mol. The maximum absolute atomic E-state index is 12.4. The summed E-state index contributed by atoms with van der Waals surface area (Å²) in [7, 11) is 0. The van der Waals surface area contributed by atoms with Crippen LogP contribution in [0, 0.1) is 5.41 Å². The molecule has 144 valence electrons. The number of hydrogen-bond acceptors (Lipinski definition) is 3. The Bertz CT molecular complexity index is 455. The molecule has 4 heteroatoms. The van der Waals surface area contributed by atoms with Gasteiger partial charge < -0.3 is 10.2 Å². The SMILES string of the molecule is CCCCCCCCC1=CCC(=O)[C@]1(C)CCCCCC(O)C(=O)O. The average molecular weight is 353 g/mol. The minimum absolute atomic E-state index is 0.292. The fourth-order valence-corrected chi connectivity index (χ4v) is 3.74. The van der Waals surface area contributed by atoms with Gasteiger partial charge in [0, 0.05) is 11.8 Å². The van der Waals surface area contributed by atoms with Crippen molar-refractivity contribution in [3.8, 4) is 0 Å². The van der Waals surface area contributed by atoms with E-state index in [4.69, 9.17) is 5.11 Å². The predicted octanol–water partition coefficient (Wildman–Crippen LogP) is 5.04. The number of carbonyl (C=O) groups is 2. The zero-order chi connectivity index (χ0) is 18.7. The molecule has 0 heterocycles. The van der Waals surface area contributed by atoms with Crippen molar-refractivity contribution in [1.82, 2.24) is 0 Å². The number of carbonyl (C=O) groups excluding carboxylic acids is 1. The van der Waals surface area contributed by atoms with Gasteiger partial charge in [0.25, 0.3) is 0 Å². The van der Waals surface area contributed by atoms with Crippen molar-refractivity contribution >= 4 is 11.8 Å². The molecule has 0 saturated heterocycles. The van der Waals surface area contributed by atoms with Crippen molar-refractivity contribution < 1.29 is 19.8 Å². The molecule has 0 saturated carbocycles. The van der Waals surface area contributed by atoms with Crippen LogP contribution in [0.25, 0.3) is 0 Å². The second-order valence-electron chi connectivity index (χ2n) is 7.66. The number of aliphatic hydroxyl groups is 1. The highest BCUT2D eigenvalue weighted by Crippen LogP contribution is 2.42. The van der Waals surface area contributed by atoms with Gasteiger partial charge in [0.15, 0.2) is 6.10 Å². The molecule has 25 heavy (non-hydrogen) atoms. The molecule has 0 radical (unpaired) electrons. The number of aliphatic carboxylic acids is 1. The predicted molar refractivity (Wildman–Crippen MR) is 101 cm³/mol. The van der Waals surface area contributed by atoms with Gasteiger partial charge in [-0.3, -0.25) is 4.79 Å². The molecule has 2 atom stereocenters. The van der Waals surface area contributed by atoms with Crippen molar-refractivity contribution in [3.05, 3.63) is 11.6 Å². The summed E-state index contributed by atoms with van der Waals surface area (Å²) in [5.74, 6) is -0.818. The van der Waals surface area contributed by atoms with E-state index in [9.17, 15) is 14.7 Å². The van der Waals surface area contributed by atoms with Crippen molar-refractivity contribution in [2.75, 3.05) is 0 Å². The topological polar surface area (TPSA) is 74.6 Å². The van der Waals surface area contributed by atoms with Gasteiger partial charge in [-0.05, 0) is 32.6 Å². The molecule has 1 rings (SSSR count). The highest BCUT2D eigenvalue weighted by atomic mass is 16.4. The lowest BCUT2D eigenvalue weighted by Crippen LogP contribution is -2.25. The van der Waals surface area contributed by atoms with Crippen LogP contribution in [0.2, 0.25) is 0 Å². The largest absolute Gasteiger partial charge is 0.479 e. The first kappa shape index (κ1) is 21.9. The summed E-state index contributed by atoms with van der Waals surface area (Å²) in [6.45, 7) is 4.31. The number of ketones is 1. The number of aliphatic hydroxyl groups excluding tert-OH is 1. The quantitative estimate of drug-likeness (QED) is 0.339. The van der Waals surface area contributed by atoms with Crippen LogP contribution in [0.5, 0.6) is 0 Å². The third-order valence-corrected chi connectivity index (χ3v) is 5.60. The van der Waals surface area contributed by atoms with Gasteiger partial charge in [-0.15, -0.1) is 0 Å². The lowest BCUT2D eigenvalue weighted by molar-refractivity contribution is -0.146. The number of carboxylic acid groups (broad SMARTS) is 1. The summed E-state index contributed by atoms with van der Waals surface area (Å²) in [6, 6.07) is 0. The van der Waals surface area contributed by atoms with Crippen molar-refractivity contribution in [3.63, 3.8) is 0 Å². The van der Waals surface area contributed by atoms with E-state index in [0.717, 1.165) is 25.7 Å². The van der Waals surface area contributed by atoms with Crippen LogP contribution < -0.4 is 0 Å². The van der Waals surface area contributed by atoms with Gasteiger partial charge in [0.1, 0.15) is 5.78 Å². The van der Waals surface area contributed by atoms with Crippen molar-refractivity contribution in [1.29, 1.82) is 0 Å². The Hall–Kier alpha value is -1.16. The Labute approximate surface area is 152 Å². The fraction of sp³-hybridized carbons (Fsp3) is 0.810. The molecule has 0 aromatic carbocycles. The molecule has 1 unspecified atom stereocenters. The van der Waals surface area contributed by atoms with Crippen LogP contribution in [-0.2, 0) is 9.59 Å². The van der Waals surface area contributed by atoms with E-state index in [1.807, 2.05) is 0 Å². The highest BCUT2D eigenvalue weighted by Gasteiger charge is 2.38. The molecule has 0 aromatic rings. The first-order chi connectivity index (χ1) is 11.9. The Morgan fingerprint density at radius 3 is 2.44 bits per heavy atom. The van der Waals surface area contributed by atoms with Gasteiger partial charge in [0.2, 0.25) is 0 Å². The van der Waals surface area contributed by atoms with E-state index < -0.39 is 12.1 Å². The second kappa shape index (κ2) is 11.5. The minimum atomic E-state index is -1.26. The van der Waals surface area contributed by atoms with E-state index in [2.05, 4.69) is 19.9 Å². The highest BCUT2D eigenvalue weighted by molar-refractivity contribution is 5.91. The summed E-state index contributed by atoms with van der Waals surface area (Å²) < 4.78 is 0. The number of allylic oxidation sites excluding steroid dienone is 2. The average Bonchev–Trinajstić information content (AvgIpc) is 2.85. The third-order valence-electron chi connectivity index (χ3n) is 5.60. The van der Waals surface area contributed by atoms with Gasteiger partial charge in [0.05, 0.1) is 0 Å². The Morgan fingerprint density at radius 1 is 1.12 bits per heavy atom. The lowest BCUT2D eigenvalue weighted by atomic mass is 9.76. The van der Waals surface area contributed by atoms with Crippen LogP contribution >= 0.6 is 0 Å². The summed E-state index contributed by atoms with van der Waals surface area (Å²) in [4.78, 5) is 23.0. The normalized spacial score (nSPS) is 21.4.